The summed E-state index contributed by atoms with van der Waals surface area (Å²) in [5.74, 6) is 0.803. The van der Waals surface area contributed by atoms with E-state index < -0.39 is 0 Å². The molecule has 1 aliphatic rings. The van der Waals surface area contributed by atoms with Crippen molar-refractivity contribution in [2.24, 2.45) is 5.10 Å². The number of anilines is 1. The quantitative estimate of drug-likeness (QED) is 0.591. The molecule has 2 amide bonds. The summed E-state index contributed by atoms with van der Waals surface area (Å²) in [6.45, 7) is 2.35. The Morgan fingerprint density at radius 1 is 1.18 bits per heavy atom. The molecule has 28 heavy (non-hydrogen) atoms. The minimum absolute atomic E-state index is 0.133. The molecule has 2 aromatic rings. The van der Waals surface area contributed by atoms with Crippen molar-refractivity contribution in [2.45, 2.75) is 19.8 Å². The van der Waals surface area contributed by atoms with E-state index in [0.29, 0.717) is 23.6 Å². The number of hydrazone groups is 1. The Balaban J connectivity index is 1.59. The Kier molecular flexibility index (Phi) is 6.26. The maximum absolute atomic E-state index is 12.0. The molecule has 7 nitrogen and oxygen atoms in total. The standard InChI is InChI=1S/C21H23N3O4/c1-15(16-7-5-8-17(13-16)24-12-6-11-21(24)26)22-23-20(25)14-28-19-10-4-3-9-18(19)27-2/h3-5,7-10,13H,6,11-12,14H2,1-2H3,(H,23,25)/b22-15-. The Bertz CT molecular complexity index is 895. The number of para-hydroxylation sites is 2. The molecule has 1 N–H and O–H groups in total. The molecule has 0 unspecified atom stereocenters. The van der Waals surface area contributed by atoms with E-state index in [-0.39, 0.29) is 18.4 Å². The fourth-order valence-corrected chi connectivity index (χ4v) is 2.94. The van der Waals surface area contributed by atoms with Gasteiger partial charge in [0.15, 0.2) is 18.1 Å². The van der Waals surface area contributed by atoms with E-state index in [9.17, 15) is 9.59 Å². The third-order valence-electron chi connectivity index (χ3n) is 4.43. The molecule has 1 saturated heterocycles. The van der Waals surface area contributed by atoms with E-state index in [4.69, 9.17) is 9.47 Å². The number of hydrogen-bond donors (Lipinski definition) is 1. The Morgan fingerprint density at radius 3 is 2.68 bits per heavy atom. The van der Waals surface area contributed by atoms with Crippen LogP contribution in [-0.4, -0.2) is 37.8 Å². The highest BCUT2D eigenvalue weighted by Gasteiger charge is 2.21. The van der Waals surface area contributed by atoms with Crippen molar-refractivity contribution in [1.29, 1.82) is 0 Å². The van der Waals surface area contributed by atoms with Crippen molar-refractivity contribution in [3.8, 4) is 11.5 Å². The van der Waals surface area contributed by atoms with Gasteiger partial charge in [0.2, 0.25) is 5.91 Å². The van der Waals surface area contributed by atoms with Gasteiger partial charge < -0.3 is 14.4 Å². The molecule has 0 aliphatic carbocycles. The van der Waals surface area contributed by atoms with E-state index in [1.807, 2.05) is 30.3 Å². The van der Waals surface area contributed by atoms with Gasteiger partial charge in [-0.2, -0.15) is 5.10 Å². The zero-order chi connectivity index (χ0) is 19.9. The van der Waals surface area contributed by atoms with Crippen LogP contribution in [0.5, 0.6) is 11.5 Å². The summed E-state index contributed by atoms with van der Waals surface area (Å²) in [5, 5.41) is 4.14. The third kappa shape index (κ3) is 4.68. The van der Waals surface area contributed by atoms with Crippen LogP contribution in [0.2, 0.25) is 0 Å². The number of ether oxygens (including phenoxy) is 2. The molecule has 0 aromatic heterocycles. The topological polar surface area (TPSA) is 80.2 Å². The van der Waals surface area contributed by atoms with Crippen LogP contribution in [0.1, 0.15) is 25.3 Å². The number of amides is 2. The lowest BCUT2D eigenvalue weighted by Gasteiger charge is -2.16. The highest BCUT2D eigenvalue weighted by molar-refractivity contribution is 6.01. The van der Waals surface area contributed by atoms with Gasteiger partial charge in [0.05, 0.1) is 12.8 Å². The molecule has 0 radical (unpaired) electrons. The lowest BCUT2D eigenvalue weighted by molar-refractivity contribution is -0.123. The fraction of sp³-hybridized carbons (Fsp3) is 0.286. The summed E-state index contributed by atoms with van der Waals surface area (Å²) in [6.07, 6.45) is 1.46. The normalized spacial score (nSPS) is 14.1. The van der Waals surface area contributed by atoms with E-state index >= 15 is 0 Å². The molecule has 2 aromatic carbocycles. The Morgan fingerprint density at radius 2 is 1.96 bits per heavy atom. The number of nitrogens with one attached hydrogen (secondary N) is 1. The predicted octanol–water partition coefficient (Wildman–Crippen LogP) is 2.74. The minimum atomic E-state index is -0.379. The van der Waals surface area contributed by atoms with Gasteiger partial charge in [-0.25, -0.2) is 5.43 Å². The van der Waals surface area contributed by atoms with Crippen molar-refractivity contribution in [1.82, 2.24) is 5.43 Å². The zero-order valence-corrected chi connectivity index (χ0v) is 16.0. The molecule has 0 bridgehead atoms. The molecule has 7 heteroatoms. The summed E-state index contributed by atoms with van der Waals surface area (Å²) < 4.78 is 10.7. The maximum atomic E-state index is 12.0. The zero-order valence-electron chi connectivity index (χ0n) is 16.0. The van der Waals surface area contributed by atoms with Gasteiger partial charge in [0.1, 0.15) is 0 Å². The van der Waals surface area contributed by atoms with Crippen molar-refractivity contribution < 1.29 is 19.1 Å². The van der Waals surface area contributed by atoms with E-state index in [2.05, 4.69) is 10.5 Å². The average molecular weight is 381 g/mol. The monoisotopic (exact) mass is 381 g/mol. The maximum Gasteiger partial charge on any atom is 0.277 e. The van der Waals surface area contributed by atoms with Gasteiger partial charge >= 0.3 is 0 Å². The number of nitrogens with zero attached hydrogens (tertiary/aromatic N) is 2. The third-order valence-corrected chi connectivity index (χ3v) is 4.43. The van der Waals surface area contributed by atoms with Gasteiger partial charge in [-0.05, 0) is 43.2 Å². The lowest BCUT2D eigenvalue weighted by atomic mass is 10.1. The highest BCUT2D eigenvalue weighted by atomic mass is 16.5. The van der Waals surface area contributed by atoms with Crippen LogP contribution in [0, 0.1) is 0 Å². The van der Waals surface area contributed by atoms with Gasteiger partial charge in [0.25, 0.3) is 5.91 Å². The highest BCUT2D eigenvalue weighted by Crippen LogP contribution is 2.25. The first-order chi connectivity index (χ1) is 13.6. The lowest BCUT2D eigenvalue weighted by Crippen LogP contribution is -2.26. The fourth-order valence-electron chi connectivity index (χ4n) is 2.94. The van der Waals surface area contributed by atoms with Crippen molar-refractivity contribution in [3.05, 3.63) is 54.1 Å². The molecular weight excluding hydrogens is 358 g/mol. The smallest absolute Gasteiger partial charge is 0.277 e. The van der Waals surface area contributed by atoms with Gasteiger partial charge in [-0.15, -0.1) is 0 Å². The van der Waals surface area contributed by atoms with E-state index in [1.165, 1.54) is 0 Å². The van der Waals surface area contributed by atoms with Gasteiger partial charge in [0, 0.05) is 18.7 Å². The van der Waals surface area contributed by atoms with Crippen molar-refractivity contribution >= 4 is 23.2 Å². The van der Waals surface area contributed by atoms with Gasteiger partial charge in [-0.1, -0.05) is 24.3 Å². The first-order valence-corrected chi connectivity index (χ1v) is 9.08. The van der Waals surface area contributed by atoms with Crippen LogP contribution >= 0.6 is 0 Å². The summed E-state index contributed by atoms with van der Waals surface area (Å²) in [4.78, 5) is 25.7. The van der Waals surface area contributed by atoms with Gasteiger partial charge in [-0.3, -0.25) is 9.59 Å². The summed E-state index contributed by atoms with van der Waals surface area (Å²) in [5.41, 5.74) is 4.81. The number of hydrogen-bond acceptors (Lipinski definition) is 5. The van der Waals surface area contributed by atoms with Crippen molar-refractivity contribution in [3.63, 3.8) is 0 Å². The van der Waals surface area contributed by atoms with E-state index in [0.717, 1.165) is 24.2 Å². The van der Waals surface area contributed by atoms with Crippen LogP contribution in [0.25, 0.3) is 0 Å². The SMILES string of the molecule is COc1ccccc1OCC(=O)N/N=C(/C)c1cccc(N2CCCC2=O)c1. The number of carbonyl (C=O) groups excluding carboxylic acids is 2. The first kappa shape index (κ1) is 19.4. The predicted molar refractivity (Wildman–Crippen MR) is 107 cm³/mol. The average Bonchev–Trinajstić information content (AvgIpc) is 3.16. The van der Waals surface area contributed by atoms with E-state index in [1.54, 1.807) is 37.1 Å². The molecule has 3 rings (SSSR count). The number of methoxy groups -OCH3 is 1. The second kappa shape index (κ2) is 9.03. The van der Waals surface area contributed by atoms with Crippen molar-refractivity contribution in [2.75, 3.05) is 25.2 Å². The summed E-state index contributed by atoms with van der Waals surface area (Å²) in [7, 11) is 1.54. The van der Waals surface area contributed by atoms with Crippen LogP contribution < -0.4 is 19.8 Å². The first-order valence-electron chi connectivity index (χ1n) is 9.08. The second-order valence-corrected chi connectivity index (χ2v) is 6.37. The number of carbonyl (C=O) groups is 2. The Hall–Kier alpha value is -3.35. The van der Waals surface area contributed by atoms with Crippen LogP contribution in [-0.2, 0) is 9.59 Å². The van der Waals surface area contributed by atoms with Crippen LogP contribution in [0.4, 0.5) is 5.69 Å². The molecule has 1 fully saturated rings. The number of rotatable bonds is 7. The summed E-state index contributed by atoms with van der Waals surface area (Å²) in [6, 6.07) is 14.7. The van der Waals surface area contributed by atoms with Crippen LogP contribution in [0.15, 0.2) is 53.6 Å². The second-order valence-electron chi connectivity index (χ2n) is 6.37. The molecule has 0 atom stereocenters. The minimum Gasteiger partial charge on any atom is -0.493 e. The molecule has 0 saturated carbocycles. The largest absolute Gasteiger partial charge is 0.493 e. The summed E-state index contributed by atoms with van der Waals surface area (Å²) >= 11 is 0. The molecular formula is C21H23N3O4. The number of benzene rings is 2. The molecule has 0 spiro atoms. The van der Waals surface area contributed by atoms with Crippen LogP contribution in [0.3, 0.4) is 0 Å². The molecule has 1 heterocycles. The molecule has 146 valence electrons. The Labute approximate surface area is 163 Å². The molecule has 1 aliphatic heterocycles.